The van der Waals surface area contributed by atoms with E-state index in [1.165, 1.54) is 23.2 Å². The lowest BCUT2D eigenvalue weighted by Gasteiger charge is -2.20. The molecule has 2 rings (SSSR count). The monoisotopic (exact) mass is 409 g/mol. The van der Waals surface area contributed by atoms with Crippen LogP contribution in [0.1, 0.15) is 24.1 Å². The Balaban J connectivity index is 2.54. The normalized spacial score (nSPS) is 13.5. The summed E-state index contributed by atoms with van der Waals surface area (Å²) in [5.74, 6) is -0.972. The Hall–Kier alpha value is -3.88. The molecule has 9 heteroatoms. The molecular formula is C21H24FN7O. The second-order valence-electron chi connectivity index (χ2n) is 6.31. The Bertz CT molecular complexity index is 1170. The van der Waals surface area contributed by atoms with Crippen LogP contribution in [-0.4, -0.2) is 41.5 Å². The first kappa shape index (κ1) is 22.4. The smallest absolute Gasteiger partial charge is 0.258 e. The van der Waals surface area contributed by atoms with Crippen LogP contribution in [0.3, 0.4) is 0 Å². The van der Waals surface area contributed by atoms with E-state index < -0.39 is 17.3 Å². The van der Waals surface area contributed by atoms with Gasteiger partial charge in [-0.2, -0.15) is 0 Å². The minimum atomic E-state index is -0.823. The Kier molecular flexibility index (Phi) is 7.51. The van der Waals surface area contributed by atoms with Crippen molar-refractivity contribution in [1.29, 1.82) is 10.8 Å². The lowest BCUT2D eigenvalue weighted by atomic mass is 10.1. The van der Waals surface area contributed by atoms with E-state index >= 15 is 0 Å². The van der Waals surface area contributed by atoms with Crippen LogP contribution in [-0.2, 0) is 0 Å². The molecule has 2 heterocycles. The first-order valence-electron chi connectivity index (χ1n) is 9.05. The number of rotatable bonds is 6. The van der Waals surface area contributed by atoms with Gasteiger partial charge in [0, 0.05) is 61.8 Å². The van der Waals surface area contributed by atoms with Crippen molar-refractivity contribution in [1.82, 2.24) is 9.13 Å². The molecule has 0 aliphatic rings. The van der Waals surface area contributed by atoms with E-state index in [1.807, 2.05) is 0 Å². The van der Waals surface area contributed by atoms with Gasteiger partial charge >= 0.3 is 0 Å². The van der Waals surface area contributed by atoms with Crippen molar-refractivity contribution < 1.29 is 4.39 Å². The molecule has 0 bridgehead atoms. The summed E-state index contributed by atoms with van der Waals surface area (Å²) in [5, 5.41) is 16.6. The third-order valence-corrected chi connectivity index (χ3v) is 4.39. The number of halogens is 1. The number of aliphatic imine (C=N–C) groups is 2. The van der Waals surface area contributed by atoms with Crippen LogP contribution in [0.2, 0.25) is 0 Å². The van der Waals surface area contributed by atoms with Crippen LogP contribution < -0.4 is 16.8 Å². The third-order valence-electron chi connectivity index (χ3n) is 4.39. The predicted molar refractivity (Wildman–Crippen MR) is 119 cm³/mol. The molecule has 30 heavy (non-hydrogen) atoms. The quantitative estimate of drug-likeness (QED) is 0.499. The van der Waals surface area contributed by atoms with Gasteiger partial charge in [0.15, 0.2) is 11.3 Å². The van der Waals surface area contributed by atoms with Crippen LogP contribution >= 0.6 is 0 Å². The number of nitrogens with two attached hydrogens (primary N) is 1. The minimum absolute atomic E-state index is 0.149. The van der Waals surface area contributed by atoms with Crippen LogP contribution in [0.15, 0.2) is 57.6 Å². The van der Waals surface area contributed by atoms with Crippen molar-refractivity contribution >= 4 is 29.9 Å². The molecule has 2 aromatic heterocycles. The second kappa shape index (κ2) is 10.1. The van der Waals surface area contributed by atoms with Gasteiger partial charge in [0.2, 0.25) is 0 Å². The van der Waals surface area contributed by atoms with Gasteiger partial charge < -0.3 is 10.3 Å². The zero-order valence-electron chi connectivity index (χ0n) is 17.0. The Labute approximate surface area is 173 Å². The Morgan fingerprint density at radius 2 is 2.07 bits per heavy atom. The van der Waals surface area contributed by atoms with Gasteiger partial charge in [-0.3, -0.25) is 30.2 Å². The van der Waals surface area contributed by atoms with Crippen LogP contribution in [0.4, 0.5) is 4.39 Å². The highest BCUT2D eigenvalue weighted by Crippen LogP contribution is 2.13. The molecule has 0 radical (unpaired) electrons. The van der Waals surface area contributed by atoms with E-state index in [2.05, 4.69) is 9.98 Å². The average molecular weight is 409 g/mol. The van der Waals surface area contributed by atoms with Crippen molar-refractivity contribution in [2.75, 3.05) is 14.1 Å². The number of pyridine rings is 2. The van der Waals surface area contributed by atoms with Gasteiger partial charge in [-0.25, -0.2) is 4.39 Å². The molecule has 0 aromatic carbocycles. The molecule has 0 aliphatic heterocycles. The molecule has 0 amide bonds. The van der Waals surface area contributed by atoms with Crippen molar-refractivity contribution in [3.05, 3.63) is 75.7 Å². The highest BCUT2D eigenvalue weighted by Gasteiger charge is 2.18. The first-order valence-corrected chi connectivity index (χ1v) is 9.05. The van der Waals surface area contributed by atoms with E-state index in [0.29, 0.717) is 16.7 Å². The topological polar surface area (TPSA) is 125 Å². The molecule has 1 atom stereocenters. The van der Waals surface area contributed by atoms with Crippen molar-refractivity contribution in [3.8, 4) is 0 Å². The average Bonchev–Trinajstić information content (AvgIpc) is 2.74. The minimum Gasteiger partial charge on any atom is -0.404 e. The van der Waals surface area contributed by atoms with Crippen molar-refractivity contribution in [2.24, 2.45) is 15.7 Å². The summed E-state index contributed by atoms with van der Waals surface area (Å²) in [5.41, 5.74) is 5.99. The largest absolute Gasteiger partial charge is 0.404 e. The maximum absolute atomic E-state index is 14.4. The first-order chi connectivity index (χ1) is 14.3. The van der Waals surface area contributed by atoms with Gasteiger partial charge in [0.25, 0.3) is 5.56 Å². The van der Waals surface area contributed by atoms with E-state index in [1.54, 1.807) is 57.7 Å². The molecule has 156 valence electrons. The third kappa shape index (κ3) is 4.75. The van der Waals surface area contributed by atoms with E-state index in [4.69, 9.17) is 16.6 Å². The number of hydrogen-bond acceptors (Lipinski definition) is 6. The molecular weight excluding hydrogens is 385 g/mol. The highest BCUT2D eigenvalue weighted by molar-refractivity contribution is 6.09. The molecule has 0 saturated carbocycles. The molecule has 4 N–H and O–H groups in total. The molecule has 0 fully saturated rings. The van der Waals surface area contributed by atoms with Gasteiger partial charge in [-0.15, -0.1) is 0 Å². The number of allylic oxidation sites excluding steroid dienone is 2. The van der Waals surface area contributed by atoms with E-state index in [9.17, 15) is 9.18 Å². The summed E-state index contributed by atoms with van der Waals surface area (Å²) < 4.78 is 16.9. The molecule has 2 aromatic rings. The molecule has 0 aliphatic carbocycles. The summed E-state index contributed by atoms with van der Waals surface area (Å²) in [7, 11) is 3.18. The molecule has 1 unspecified atom stereocenters. The zero-order valence-corrected chi connectivity index (χ0v) is 17.0. The summed E-state index contributed by atoms with van der Waals surface area (Å²) in [6.07, 6.45) is 10.5. The van der Waals surface area contributed by atoms with Crippen LogP contribution in [0.25, 0.3) is 11.6 Å². The maximum atomic E-state index is 14.4. The summed E-state index contributed by atoms with van der Waals surface area (Å²) in [4.78, 5) is 20.5. The van der Waals surface area contributed by atoms with Gasteiger partial charge in [0.05, 0.1) is 6.04 Å². The zero-order chi connectivity index (χ0) is 22.3. The fraction of sp³-hybridized carbons (Fsp3) is 0.190. The fourth-order valence-corrected chi connectivity index (χ4v) is 2.79. The number of hydrogen-bond donors (Lipinski definition) is 3. The SMILES string of the molecule is CN=C/C=C\c1cccn(C(C)C(=N)n2cc(C(C=NC)=CN)cc(F)c2=N)c1=O. The standard InChI is InChI=1S/C21H24FN7O/c1-14(28-9-5-7-15(21(28)30)6-4-8-26-2)19(24)29-13-16(10-18(22)20(29)25)17(11-23)12-27-3/h4-14,24-25H,23H2,1-3H3/b6-4-,17-11?,24-19?,25-20?,26-8?,27-12?. The number of nitrogens with zero attached hydrogens (tertiary/aromatic N) is 4. The van der Waals surface area contributed by atoms with Gasteiger partial charge in [-0.05, 0) is 37.3 Å². The van der Waals surface area contributed by atoms with E-state index in [-0.39, 0.29) is 11.4 Å². The van der Waals surface area contributed by atoms with Gasteiger partial charge in [-0.1, -0.05) is 0 Å². The van der Waals surface area contributed by atoms with Crippen LogP contribution in [0.5, 0.6) is 0 Å². The van der Waals surface area contributed by atoms with Crippen molar-refractivity contribution in [2.45, 2.75) is 13.0 Å². The van der Waals surface area contributed by atoms with Crippen LogP contribution in [0, 0.1) is 16.6 Å². The lowest BCUT2D eigenvalue weighted by Crippen LogP contribution is -2.37. The second-order valence-corrected chi connectivity index (χ2v) is 6.31. The predicted octanol–water partition coefficient (Wildman–Crippen LogP) is 2.07. The number of aromatic nitrogens is 2. The van der Waals surface area contributed by atoms with Gasteiger partial charge in [0.1, 0.15) is 5.84 Å². The number of nitrogens with one attached hydrogen (secondary N) is 2. The molecule has 0 saturated heterocycles. The summed E-state index contributed by atoms with van der Waals surface area (Å²) in [6.45, 7) is 1.63. The lowest BCUT2D eigenvalue weighted by molar-refractivity contribution is 0.580. The highest BCUT2D eigenvalue weighted by atomic mass is 19.1. The van der Waals surface area contributed by atoms with Crippen molar-refractivity contribution in [3.63, 3.8) is 0 Å². The summed E-state index contributed by atoms with van der Waals surface area (Å²) in [6, 6.07) is 3.73. The Morgan fingerprint density at radius 1 is 1.33 bits per heavy atom. The van der Waals surface area contributed by atoms with E-state index in [0.717, 1.165) is 10.6 Å². The maximum Gasteiger partial charge on any atom is 0.258 e. The molecule has 0 spiro atoms. The fourth-order valence-electron chi connectivity index (χ4n) is 2.79. The molecule has 8 nitrogen and oxygen atoms in total. The summed E-state index contributed by atoms with van der Waals surface area (Å²) >= 11 is 0. The Morgan fingerprint density at radius 3 is 2.70 bits per heavy atom.